The summed E-state index contributed by atoms with van der Waals surface area (Å²) in [5.41, 5.74) is 7.13. The van der Waals surface area contributed by atoms with Gasteiger partial charge in [0.1, 0.15) is 5.76 Å². The van der Waals surface area contributed by atoms with Crippen molar-refractivity contribution in [3.8, 4) is 0 Å². The van der Waals surface area contributed by atoms with E-state index in [4.69, 9.17) is 10.2 Å². The summed E-state index contributed by atoms with van der Waals surface area (Å²) in [6, 6.07) is 0. The molecule has 3 nitrogen and oxygen atoms in total. The number of nitrogens with two attached hydrogens (primary N) is 1. The highest BCUT2D eigenvalue weighted by Crippen LogP contribution is 2.43. The molecule has 1 aromatic heterocycles. The van der Waals surface area contributed by atoms with E-state index in [2.05, 4.69) is 18.8 Å². The molecule has 3 heteroatoms. The molecule has 0 saturated carbocycles. The van der Waals surface area contributed by atoms with Crippen molar-refractivity contribution in [1.29, 1.82) is 0 Å². The van der Waals surface area contributed by atoms with E-state index in [0.717, 1.165) is 43.2 Å². The average molecular weight is 208 g/mol. The maximum Gasteiger partial charge on any atom is 0.191 e. The lowest BCUT2D eigenvalue weighted by Gasteiger charge is -2.33. The normalized spacial score (nSPS) is 23.9. The highest BCUT2D eigenvalue weighted by Gasteiger charge is 2.35. The van der Waals surface area contributed by atoms with Crippen LogP contribution >= 0.6 is 0 Å². The Bertz CT molecular complexity index is 355. The number of oxazole rings is 1. The van der Waals surface area contributed by atoms with Crippen LogP contribution in [0.1, 0.15) is 50.0 Å². The van der Waals surface area contributed by atoms with Gasteiger partial charge in [-0.3, -0.25) is 0 Å². The summed E-state index contributed by atoms with van der Waals surface area (Å²) >= 11 is 0. The number of fused-ring (bicyclic) bond motifs is 1. The fourth-order valence-corrected chi connectivity index (χ4v) is 2.65. The Morgan fingerprint density at radius 1 is 1.53 bits per heavy atom. The van der Waals surface area contributed by atoms with Gasteiger partial charge in [0.05, 0.1) is 5.69 Å². The van der Waals surface area contributed by atoms with Crippen LogP contribution in [0.5, 0.6) is 0 Å². The monoisotopic (exact) mass is 208 g/mol. The molecular weight excluding hydrogens is 188 g/mol. The van der Waals surface area contributed by atoms with Crippen LogP contribution in [0.4, 0.5) is 0 Å². The number of nitrogens with zero attached hydrogens (tertiary/aromatic N) is 1. The minimum atomic E-state index is 0.330. The summed E-state index contributed by atoms with van der Waals surface area (Å²) in [5, 5.41) is 0. The molecule has 0 radical (unpaired) electrons. The Labute approximate surface area is 91.1 Å². The summed E-state index contributed by atoms with van der Waals surface area (Å²) in [7, 11) is 0. The van der Waals surface area contributed by atoms with Gasteiger partial charge < -0.3 is 10.2 Å². The van der Waals surface area contributed by atoms with Gasteiger partial charge in [-0.2, -0.15) is 0 Å². The van der Waals surface area contributed by atoms with Crippen LogP contribution in [0.2, 0.25) is 0 Å². The highest BCUT2D eigenvalue weighted by molar-refractivity contribution is 5.20. The molecule has 0 spiro atoms. The molecule has 1 aromatic rings. The van der Waals surface area contributed by atoms with Gasteiger partial charge in [0, 0.05) is 12.8 Å². The van der Waals surface area contributed by atoms with Gasteiger partial charge in [-0.15, -0.1) is 0 Å². The molecule has 0 fully saturated rings. The van der Waals surface area contributed by atoms with E-state index in [1.165, 1.54) is 0 Å². The van der Waals surface area contributed by atoms with Crippen molar-refractivity contribution in [2.45, 2.75) is 46.0 Å². The van der Waals surface area contributed by atoms with E-state index in [9.17, 15) is 0 Å². The number of aryl methyl sites for hydroxylation is 1. The zero-order valence-electron chi connectivity index (χ0n) is 9.84. The van der Waals surface area contributed by atoms with Gasteiger partial charge in [0.15, 0.2) is 5.89 Å². The first-order valence-electron chi connectivity index (χ1n) is 5.68. The minimum Gasteiger partial charge on any atom is -0.445 e. The molecule has 0 saturated heterocycles. The topological polar surface area (TPSA) is 52.0 Å². The summed E-state index contributed by atoms with van der Waals surface area (Å²) in [6.07, 6.45) is 3.19. The van der Waals surface area contributed by atoms with Crippen molar-refractivity contribution in [2.24, 2.45) is 11.1 Å². The quantitative estimate of drug-likeness (QED) is 0.812. The number of aromatic nitrogens is 1. The van der Waals surface area contributed by atoms with Gasteiger partial charge in [-0.25, -0.2) is 4.98 Å². The van der Waals surface area contributed by atoms with E-state index in [0.29, 0.717) is 11.3 Å². The Morgan fingerprint density at radius 2 is 2.27 bits per heavy atom. The van der Waals surface area contributed by atoms with Gasteiger partial charge in [0.25, 0.3) is 0 Å². The predicted octanol–water partition coefficient (Wildman–Crippen LogP) is 2.39. The molecule has 1 aliphatic carbocycles. The minimum absolute atomic E-state index is 0.330. The zero-order chi connectivity index (χ0) is 11.1. The van der Waals surface area contributed by atoms with E-state index >= 15 is 0 Å². The van der Waals surface area contributed by atoms with E-state index in [1.807, 2.05) is 6.92 Å². The number of hydrogen-bond acceptors (Lipinski definition) is 3. The second kappa shape index (κ2) is 3.63. The second-order valence-electron chi connectivity index (χ2n) is 5.36. The summed E-state index contributed by atoms with van der Waals surface area (Å²) in [6.45, 7) is 7.23. The highest BCUT2D eigenvalue weighted by atomic mass is 16.4. The lowest BCUT2D eigenvalue weighted by molar-refractivity contribution is 0.247. The van der Waals surface area contributed by atoms with E-state index in [-0.39, 0.29) is 0 Å². The Balaban J connectivity index is 2.33. The van der Waals surface area contributed by atoms with Crippen LogP contribution in [-0.2, 0) is 6.42 Å². The molecule has 0 aliphatic heterocycles. The molecule has 84 valence electrons. The molecule has 0 bridgehead atoms. The van der Waals surface area contributed by atoms with Crippen molar-refractivity contribution in [3.05, 3.63) is 17.3 Å². The van der Waals surface area contributed by atoms with Gasteiger partial charge >= 0.3 is 0 Å². The third-order valence-electron chi connectivity index (χ3n) is 3.17. The standard InChI is InChI=1S/C12H20N2O/c1-8-14-10-7-12(2,3)6-9(4-5-13)11(10)15-8/h9H,4-7,13H2,1-3H3. The smallest absolute Gasteiger partial charge is 0.191 e. The first kappa shape index (κ1) is 10.7. The molecule has 1 heterocycles. The molecule has 1 aliphatic rings. The number of hydrogen-bond donors (Lipinski definition) is 1. The summed E-state index contributed by atoms with van der Waals surface area (Å²) in [5.74, 6) is 2.35. The molecule has 1 atom stereocenters. The molecular formula is C12H20N2O. The zero-order valence-corrected chi connectivity index (χ0v) is 9.84. The van der Waals surface area contributed by atoms with Crippen LogP contribution in [0.15, 0.2) is 4.42 Å². The predicted molar refractivity (Wildman–Crippen MR) is 59.8 cm³/mol. The molecule has 1 unspecified atom stereocenters. The maximum atomic E-state index is 5.70. The molecule has 2 N–H and O–H groups in total. The Hall–Kier alpha value is -0.830. The van der Waals surface area contributed by atoms with Gasteiger partial charge in [-0.1, -0.05) is 13.8 Å². The van der Waals surface area contributed by atoms with Crippen LogP contribution in [0.25, 0.3) is 0 Å². The number of rotatable bonds is 2. The van der Waals surface area contributed by atoms with Crippen LogP contribution < -0.4 is 5.73 Å². The van der Waals surface area contributed by atoms with Crippen molar-refractivity contribution >= 4 is 0 Å². The van der Waals surface area contributed by atoms with Gasteiger partial charge in [-0.05, 0) is 31.2 Å². The molecule has 0 amide bonds. The Morgan fingerprint density at radius 3 is 2.93 bits per heavy atom. The summed E-state index contributed by atoms with van der Waals surface area (Å²) < 4.78 is 5.70. The largest absolute Gasteiger partial charge is 0.445 e. The van der Waals surface area contributed by atoms with Crippen molar-refractivity contribution in [2.75, 3.05) is 6.54 Å². The third kappa shape index (κ3) is 2.07. The first-order chi connectivity index (χ1) is 7.02. The maximum absolute atomic E-state index is 5.70. The average Bonchev–Trinajstić information content (AvgIpc) is 2.44. The van der Waals surface area contributed by atoms with E-state index in [1.54, 1.807) is 0 Å². The van der Waals surface area contributed by atoms with Crippen LogP contribution in [0, 0.1) is 12.3 Å². The van der Waals surface area contributed by atoms with Crippen LogP contribution in [-0.4, -0.2) is 11.5 Å². The molecule has 15 heavy (non-hydrogen) atoms. The van der Waals surface area contributed by atoms with Crippen molar-refractivity contribution in [3.63, 3.8) is 0 Å². The molecule has 2 rings (SSSR count). The van der Waals surface area contributed by atoms with Crippen molar-refractivity contribution in [1.82, 2.24) is 4.98 Å². The van der Waals surface area contributed by atoms with Crippen LogP contribution in [0.3, 0.4) is 0 Å². The summed E-state index contributed by atoms with van der Waals surface area (Å²) in [4.78, 5) is 4.47. The Kier molecular flexibility index (Phi) is 2.59. The fraction of sp³-hybridized carbons (Fsp3) is 0.750. The van der Waals surface area contributed by atoms with E-state index < -0.39 is 0 Å². The lowest BCUT2D eigenvalue weighted by Crippen LogP contribution is -2.26. The molecule has 0 aromatic carbocycles. The second-order valence-corrected chi connectivity index (χ2v) is 5.36. The lowest BCUT2D eigenvalue weighted by atomic mass is 9.72. The SMILES string of the molecule is Cc1nc2c(o1)C(CCN)CC(C)(C)C2. The third-order valence-corrected chi connectivity index (χ3v) is 3.17. The fourth-order valence-electron chi connectivity index (χ4n) is 2.65. The first-order valence-corrected chi connectivity index (χ1v) is 5.68. The van der Waals surface area contributed by atoms with Crippen molar-refractivity contribution < 1.29 is 4.42 Å². The van der Waals surface area contributed by atoms with Gasteiger partial charge in [0.2, 0.25) is 0 Å².